The van der Waals surface area contributed by atoms with Crippen molar-refractivity contribution in [3.05, 3.63) is 65.2 Å². The fourth-order valence-electron chi connectivity index (χ4n) is 3.86. The third-order valence-electron chi connectivity index (χ3n) is 5.31. The number of rotatable bonds is 6. The highest BCUT2D eigenvalue weighted by Crippen LogP contribution is 2.32. The molecule has 0 fully saturated rings. The topological polar surface area (TPSA) is 75.7 Å². The Morgan fingerprint density at radius 1 is 1.14 bits per heavy atom. The molecule has 6 nitrogen and oxygen atoms in total. The largest absolute Gasteiger partial charge is 0.493 e. The Hall–Kier alpha value is -2.80. The minimum atomic E-state index is -0.843. The molecule has 0 unspecified atom stereocenters. The molecule has 0 spiro atoms. The molecule has 2 aliphatic rings. The average molecular weight is 410 g/mol. The number of hydrogen-bond acceptors (Lipinski definition) is 5. The molecule has 0 aromatic heterocycles. The number of carbonyl (C=O) groups excluding carboxylic acids is 3. The molecule has 2 aromatic carbocycles. The molecule has 2 aromatic rings. The first-order valence-corrected chi connectivity index (χ1v) is 11.0. The molecular formula is C22H22N2O4S. The Balaban J connectivity index is 1.59. The van der Waals surface area contributed by atoms with E-state index in [0.29, 0.717) is 36.3 Å². The smallest absolute Gasteiger partial charge is 0.262 e. The van der Waals surface area contributed by atoms with Crippen LogP contribution in [0.2, 0.25) is 0 Å². The molecule has 2 atom stereocenters. The van der Waals surface area contributed by atoms with Crippen molar-refractivity contribution < 1.29 is 19.1 Å². The van der Waals surface area contributed by atoms with Gasteiger partial charge >= 0.3 is 0 Å². The van der Waals surface area contributed by atoms with Crippen LogP contribution in [0, 0.1) is 0 Å². The standard InChI is InChI=1S/C22H22N2O4S/c1-29-13-11-18(24-21(26)14-6-2-3-7-15(14)22(24)27)20(25)23-17-10-12-28-19-9-5-4-8-16(17)19/h2-9,17-18H,10-13H2,1H3,(H,23,25)/t17-,18+/m0/s1. The van der Waals surface area contributed by atoms with Gasteiger partial charge in [0.05, 0.1) is 23.8 Å². The molecule has 3 amide bonds. The van der Waals surface area contributed by atoms with E-state index in [1.54, 1.807) is 36.0 Å². The van der Waals surface area contributed by atoms with E-state index in [-0.39, 0.29) is 11.9 Å². The minimum absolute atomic E-state index is 0.209. The van der Waals surface area contributed by atoms with Gasteiger partial charge in [-0.05, 0) is 36.6 Å². The van der Waals surface area contributed by atoms with Crippen LogP contribution >= 0.6 is 11.8 Å². The maximum Gasteiger partial charge on any atom is 0.262 e. The number of para-hydroxylation sites is 1. The number of amides is 3. The maximum absolute atomic E-state index is 13.2. The summed E-state index contributed by atoms with van der Waals surface area (Å²) in [5.74, 6) is 0.301. The molecule has 4 rings (SSSR count). The normalized spacial score (nSPS) is 18.7. The van der Waals surface area contributed by atoms with Crippen LogP contribution < -0.4 is 10.1 Å². The zero-order chi connectivity index (χ0) is 20.4. The fraction of sp³-hybridized carbons (Fsp3) is 0.318. The summed E-state index contributed by atoms with van der Waals surface area (Å²) in [6, 6.07) is 13.3. The van der Waals surface area contributed by atoms with E-state index in [4.69, 9.17) is 4.74 Å². The fourth-order valence-corrected chi connectivity index (χ4v) is 4.32. The highest BCUT2D eigenvalue weighted by molar-refractivity contribution is 7.98. The lowest BCUT2D eigenvalue weighted by atomic mass is 10.00. The van der Waals surface area contributed by atoms with E-state index in [1.165, 1.54) is 0 Å². The van der Waals surface area contributed by atoms with E-state index >= 15 is 0 Å². The van der Waals surface area contributed by atoms with E-state index in [0.717, 1.165) is 16.2 Å². The highest BCUT2D eigenvalue weighted by atomic mass is 32.2. The highest BCUT2D eigenvalue weighted by Gasteiger charge is 2.42. The number of fused-ring (bicyclic) bond motifs is 2. The number of hydrogen-bond donors (Lipinski definition) is 1. The van der Waals surface area contributed by atoms with Gasteiger partial charge in [0.2, 0.25) is 5.91 Å². The number of ether oxygens (including phenoxy) is 1. The second kappa shape index (κ2) is 8.29. The molecule has 29 heavy (non-hydrogen) atoms. The summed E-state index contributed by atoms with van der Waals surface area (Å²) in [7, 11) is 0. The van der Waals surface area contributed by atoms with Crippen LogP contribution in [-0.2, 0) is 4.79 Å². The van der Waals surface area contributed by atoms with Gasteiger partial charge in [-0.3, -0.25) is 19.3 Å². The third-order valence-corrected chi connectivity index (χ3v) is 5.95. The molecule has 1 N–H and O–H groups in total. The quantitative estimate of drug-likeness (QED) is 0.741. The first-order chi connectivity index (χ1) is 14.1. The lowest BCUT2D eigenvalue weighted by Gasteiger charge is -2.30. The lowest BCUT2D eigenvalue weighted by molar-refractivity contribution is -0.126. The lowest BCUT2D eigenvalue weighted by Crippen LogP contribution is -2.51. The number of imide groups is 1. The van der Waals surface area contributed by atoms with Crippen molar-refractivity contribution in [2.24, 2.45) is 0 Å². The monoisotopic (exact) mass is 410 g/mol. The van der Waals surface area contributed by atoms with Gasteiger partial charge < -0.3 is 10.1 Å². The Morgan fingerprint density at radius 2 is 1.79 bits per heavy atom. The number of benzene rings is 2. The van der Waals surface area contributed by atoms with E-state index in [9.17, 15) is 14.4 Å². The first kappa shape index (κ1) is 19.5. The van der Waals surface area contributed by atoms with Crippen molar-refractivity contribution in [1.82, 2.24) is 10.2 Å². The van der Waals surface area contributed by atoms with Crippen LogP contribution in [0.3, 0.4) is 0 Å². The molecule has 0 radical (unpaired) electrons. The summed E-state index contributed by atoms with van der Waals surface area (Å²) in [5.41, 5.74) is 1.63. The van der Waals surface area contributed by atoms with E-state index in [2.05, 4.69) is 5.32 Å². The van der Waals surface area contributed by atoms with Crippen molar-refractivity contribution in [1.29, 1.82) is 0 Å². The van der Waals surface area contributed by atoms with Crippen molar-refractivity contribution in [3.63, 3.8) is 0 Å². The average Bonchev–Trinajstić information content (AvgIpc) is 3.00. The Labute approximate surface area is 173 Å². The van der Waals surface area contributed by atoms with E-state index in [1.807, 2.05) is 30.5 Å². The number of nitrogens with zero attached hydrogens (tertiary/aromatic N) is 1. The van der Waals surface area contributed by atoms with Gasteiger partial charge in [0.1, 0.15) is 11.8 Å². The molecule has 0 bridgehead atoms. The molecule has 2 heterocycles. The first-order valence-electron chi connectivity index (χ1n) is 9.59. The summed E-state index contributed by atoms with van der Waals surface area (Å²) in [6.45, 7) is 0.504. The molecule has 150 valence electrons. The SMILES string of the molecule is CSCC[C@H](C(=O)N[C@H]1CCOc2ccccc21)N1C(=O)c2ccccc2C1=O. The Kier molecular flexibility index (Phi) is 5.58. The molecule has 0 saturated heterocycles. The van der Waals surface area contributed by atoms with Crippen LogP contribution in [0.1, 0.15) is 45.2 Å². The van der Waals surface area contributed by atoms with Gasteiger partial charge in [-0.1, -0.05) is 30.3 Å². The van der Waals surface area contributed by atoms with Crippen LogP contribution in [0.25, 0.3) is 0 Å². The van der Waals surface area contributed by atoms with Crippen molar-refractivity contribution in [2.45, 2.75) is 24.9 Å². The van der Waals surface area contributed by atoms with Gasteiger partial charge in [-0.15, -0.1) is 0 Å². The number of carbonyl (C=O) groups is 3. The molecule has 0 saturated carbocycles. The van der Waals surface area contributed by atoms with Crippen molar-refractivity contribution in [3.8, 4) is 5.75 Å². The van der Waals surface area contributed by atoms with Gasteiger partial charge in [-0.25, -0.2) is 0 Å². The second-order valence-corrected chi connectivity index (χ2v) is 8.04. The van der Waals surface area contributed by atoms with Crippen LogP contribution in [-0.4, -0.2) is 47.3 Å². The maximum atomic E-state index is 13.2. The van der Waals surface area contributed by atoms with Crippen molar-refractivity contribution >= 4 is 29.5 Å². The summed E-state index contributed by atoms with van der Waals surface area (Å²) in [4.78, 5) is 40.2. The summed E-state index contributed by atoms with van der Waals surface area (Å²) in [5, 5.41) is 3.05. The van der Waals surface area contributed by atoms with E-state index < -0.39 is 17.9 Å². The Morgan fingerprint density at radius 3 is 2.48 bits per heavy atom. The zero-order valence-electron chi connectivity index (χ0n) is 16.1. The Bertz CT molecular complexity index is 926. The number of nitrogens with one attached hydrogen (secondary N) is 1. The molecule has 7 heteroatoms. The molecule has 0 aliphatic carbocycles. The van der Waals surface area contributed by atoms with Gasteiger partial charge in [0.25, 0.3) is 11.8 Å². The summed E-state index contributed by atoms with van der Waals surface area (Å²) in [6.07, 6.45) is 2.98. The third kappa shape index (κ3) is 3.62. The summed E-state index contributed by atoms with van der Waals surface area (Å²) >= 11 is 1.58. The molecule has 2 aliphatic heterocycles. The minimum Gasteiger partial charge on any atom is -0.493 e. The predicted molar refractivity (Wildman–Crippen MR) is 111 cm³/mol. The van der Waals surface area contributed by atoms with Crippen LogP contribution in [0.15, 0.2) is 48.5 Å². The number of thioether (sulfide) groups is 1. The van der Waals surface area contributed by atoms with Gasteiger partial charge in [0.15, 0.2) is 0 Å². The van der Waals surface area contributed by atoms with Gasteiger partial charge in [-0.2, -0.15) is 11.8 Å². The van der Waals surface area contributed by atoms with Crippen LogP contribution in [0.4, 0.5) is 0 Å². The van der Waals surface area contributed by atoms with Gasteiger partial charge in [0, 0.05) is 12.0 Å². The van der Waals surface area contributed by atoms with Crippen LogP contribution in [0.5, 0.6) is 5.75 Å². The second-order valence-electron chi connectivity index (χ2n) is 7.06. The predicted octanol–water partition coefficient (Wildman–Crippen LogP) is 3.04. The zero-order valence-corrected chi connectivity index (χ0v) is 16.9. The summed E-state index contributed by atoms with van der Waals surface area (Å²) < 4.78 is 5.66. The molecular weight excluding hydrogens is 388 g/mol. The van der Waals surface area contributed by atoms with Crippen molar-refractivity contribution in [2.75, 3.05) is 18.6 Å².